The fourth-order valence-electron chi connectivity index (χ4n) is 9.68. The molecule has 8 nitrogen and oxygen atoms in total. The van der Waals surface area contributed by atoms with Gasteiger partial charge in [0.15, 0.2) is 0 Å². The van der Waals surface area contributed by atoms with Gasteiger partial charge in [-0.3, -0.25) is 9.59 Å². The molecule has 10 rings (SSSR count). The molecule has 0 amide bonds. The van der Waals surface area contributed by atoms with Crippen LogP contribution >= 0.6 is 0 Å². The summed E-state index contributed by atoms with van der Waals surface area (Å²) >= 11 is 0. The van der Waals surface area contributed by atoms with Gasteiger partial charge in [0.2, 0.25) is 0 Å². The Morgan fingerprint density at radius 1 is 0.453 bits per heavy atom. The molecular formula is C56H56N4O4. The maximum absolute atomic E-state index is 14.0. The summed E-state index contributed by atoms with van der Waals surface area (Å²) < 4.78 is 12.1. The van der Waals surface area contributed by atoms with Crippen LogP contribution in [0.4, 0.5) is 0 Å². The second-order valence-corrected chi connectivity index (χ2v) is 18.9. The van der Waals surface area contributed by atoms with Crippen LogP contribution in [0.2, 0.25) is 0 Å². The Hall–Kier alpha value is -6.74. The van der Waals surface area contributed by atoms with Crippen LogP contribution in [0.25, 0.3) is 21.8 Å². The fourth-order valence-corrected chi connectivity index (χ4v) is 9.68. The minimum atomic E-state index is -0.964. The standard InChI is InChI=1S/2C28H28N2O2/c2*1-27(2,3)32-26(31)28(20-14-8-5-9-15-20)18-29-24(19-12-6-4-7-13-19)25-23(28)21-16-10-11-17-22(21)30-25/h2*4-17,24,29-30H,18H2,1-3H3/t2*24-,28+/m11/s1. The smallest absolute Gasteiger partial charge is 0.323 e. The van der Waals surface area contributed by atoms with E-state index >= 15 is 0 Å². The summed E-state index contributed by atoms with van der Waals surface area (Å²) in [5, 5.41) is 9.46. The lowest BCUT2D eigenvalue weighted by atomic mass is 9.69. The number of ether oxygens (including phenoxy) is 2. The van der Waals surface area contributed by atoms with Crippen LogP contribution in [0.3, 0.4) is 0 Å². The van der Waals surface area contributed by atoms with Crippen molar-refractivity contribution >= 4 is 33.7 Å². The van der Waals surface area contributed by atoms with Crippen LogP contribution < -0.4 is 10.6 Å². The van der Waals surface area contributed by atoms with Gasteiger partial charge in [-0.2, -0.15) is 0 Å². The molecule has 0 saturated heterocycles. The average molecular weight is 849 g/mol. The summed E-state index contributed by atoms with van der Waals surface area (Å²) in [4.78, 5) is 35.3. The van der Waals surface area contributed by atoms with E-state index in [0.29, 0.717) is 13.1 Å². The number of rotatable bonds is 6. The van der Waals surface area contributed by atoms with Crippen molar-refractivity contribution in [3.63, 3.8) is 0 Å². The molecule has 8 heteroatoms. The number of fused-ring (bicyclic) bond motifs is 6. The lowest BCUT2D eigenvalue weighted by Gasteiger charge is -2.41. The molecule has 0 bridgehead atoms. The first kappa shape index (κ1) is 42.6. The zero-order valence-electron chi connectivity index (χ0n) is 37.4. The SMILES string of the molecule is CC(C)(C)OC(=O)[C@]1(c2ccccc2)CN[C@H](c2ccccc2)c2[nH]c3ccccc3c21.CC(C)(C)OC(=O)[C@]1(c2ccccc2)CN[C@H](c2ccccc2)c2[nH]c3ccccc3c21. The van der Waals surface area contributed by atoms with Crippen molar-refractivity contribution < 1.29 is 19.1 Å². The fraction of sp³-hybridized carbons (Fsp3) is 0.250. The van der Waals surface area contributed by atoms with E-state index in [4.69, 9.17) is 9.47 Å². The van der Waals surface area contributed by atoms with Gasteiger partial charge in [0.05, 0.1) is 12.1 Å². The first-order valence-electron chi connectivity index (χ1n) is 22.2. The number of esters is 2. The summed E-state index contributed by atoms with van der Waals surface area (Å²) in [6, 6.07) is 57.1. The molecule has 64 heavy (non-hydrogen) atoms. The summed E-state index contributed by atoms with van der Waals surface area (Å²) in [5.74, 6) is -0.470. The molecule has 0 unspecified atom stereocenters. The zero-order chi connectivity index (χ0) is 44.7. The molecule has 4 atom stereocenters. The maximum Gasteiger partial charge on any atom is 0.323 e. The topological polar surface area (TPSA) is 108 Å². The van der Waals surface area contributed by atoms with Gasteiger partial charge in [-0.1, -0.05) is 158 Å². The number of benzene rings is 6. The maximum atomic E-state index is 14.0. The molecule has 324 valence electrons. The van der Waals surface area contributed by atoms with Crippen LogP contribution in [0, 0.1) is 0 Å². The van der Waals surface area contributed by atoms with Crippen molar-refractivity contribution in [3.05, 3.63) is 215 Å². The molecule has 6 aromatic carbocycles. The lowest BCUT2D eigenvalue weighted by Crippen LogP contribution is -2.53. The number of aromatic amines is 2. The van der Waals surface area contributed by atoms with Gasteiger partial charge in [0, 0.05) is 57.4 Å². The molecule has 2 aliphatic heterocycles. The van der Waals surface area contributed by atoms with E-state index in [1.807, 2.05) is 163 Å². The summed E-state index contributed by atoms with van der Waals surface area (Å²) in [6.45, 7) is 12.4. The van der Waals surface area contributed by atoms with Crippen molar-refractivity contribution in [1.29, 1.82) is 0 Å². The molecule has 0 spiro atoms. The van der Waals surface area contributed by atoms with E-state index in [0.717, 1.165) is 66.6 Å². The number of para-hydroxylation sites is 2. The van der Waals surface area contributed by atoms with Gasteiger partial charge in [-0.25, -0.2) is 0 Å². The van der Waals surface area contributed by atoms with Crippen LogP contribution in [0.1, 0.15) is 98.4 Å². The second-order valence-electron chi connectivity index (χ2n) is 18.9. The normalized spacial score (nSPS) is 20.7. The molecule has 0 radical (unpaired) electrons. The zero-order valence-corrected chi connectivity index (χ0v) is 37.4. The van der Waals surface area contributed by atoms with Gasteiger partial charge in [-0.05, 0) is 75.9 Å². The Balaban J connectivity index is 0.000000162. The summed E-state index contributed by atoms with van der Waals surface area (Å²) in [6.07, 6.45) is 0. The van der Waals surface area contributed by atoms with Crippen LogP contribution in [-0.4, -0.2) is 46.2 Å². The molecular weight excluding hydrogens is 793 g/mol. The quantitative estimate of drug-likeness (QED) is 0.124. The van der Waals surface area contributed by atoms with Gasteiger partial charge >= 0.3 is 11.9 Å². The third-order valence-electron chi connectivity index (χ3n) is 12.3. The van der Waals surface area contributed by atoms with Crippen molar-refractivity contribution in [2.75, 3.05) is 13.1 Å². The summed E-state index contributed by atoms with van der Waals surface area (Å²) in [5.41, 5.74) is 7.12. The van der Waals surface area contributed by atoms with E-state index < -0.39 is 22.0 Å². The monoisotopic (exact) mass is 848 g/mol. The van der Waals surface area contributed by atoms with Gasteiger partial charge in [0.25, 0.3) is 0 Å². The highest BCUT2D eigenvalue weighted by Crippen LogP contribution is 2.48. The minimum Gasteiger partial charge on any atom is -0.459 e. The Morgan fingerprint density at radius 3 is 1.11 bits per heavy atom. The molecule has 0 saturated carbocycles. The number of H-pyrrole nitrogens is 2. The van der Waals surface area contributed by atoms with Crippen LogP contribution in [0.5, 0.6) is 0 Å². The number of hydrogen-bond acceptors (Lipinski definition) is 6. The van der Waals surface area contributed by atoms with Crippen LogP contribution in [-0.2, 0) is 29.9 Å². The van der Waals surface area contributed by atoms with Gasteiger partial charge < -0.3 is 30.1 Å². The molecule has 2 aliphatic rings. The number of carbonyl (C=O) groups is 2. The first-order chi connectivity index (χ1) is 30.8. The molecule has 0 aliphatic carbocycles. The van der Waals surface area contributed by atoms with E-state index in [1.54, 1.807) is 0 Å². The van der Waals surface area contributed by atoms with Crippen molar-refractivity contribution in [1.82, 2.24) is 20.6 Å². The largest absolute Gasteiger partial charge is 0.459 e. The van der Waals surface area contributed by atoms with Crippen molar-refractivity contribution in [3.8, 4) is 0 Å². The Labute approximate surface area is 375 Å². The number of hydrogen-bond donors (Lipinski definition) is 4. The highest BCUT2D eigenvalue weighted by atomic mass is 16.6. The molecule has 8 aromatic rings. The van der Waals surface area contributed by atoms with Gasteiger partial charge in [-0.15, -0.1) is 0 Å². The minimum absolute atomic E-state index is 0.0436. The third-order valence-corrected chi connectivity index (χ3v) is 12.3. The number of aromatic nitrogens is 2. The molecule has 2 aromatic heterocycles. The Morgan fingerprint density at radius 2 is 0.766 bits per heavy atom. The van der Waals surface area contributed by atoms with E-state index in [-0.39, 0.29) is 24.0 Å². The van der Waals surface area contributed by atoms with Crippen molar-refractivity contribution in [2.45, 2.75) is 75.7 Å². The van der Waals surface area contributed by atoms with Crippen molar-refractivity contribution in [2.24, 2.45) is 0 Å². The second kappa shape index (κ2) is 16.8. The first-order valence-corrected chi connectivity index (χ1v) is 22.2. The number of carbonyl (C=O) groups excluding carboxylic acids is 2. The number of nitrogens with one attached hydrogen (secondary N) is 4. The molecule has 0 fully saturated rings. The highest BCUT2D eigenvalue weighted by molar-refractivity contribution is 5.99. The Bertz CT molecular complexity index is 2710. The molecule has 4 heterocycles. The van der Waals surface area contributed by atoms with E-state index in [9.17, 15) is 9.59 Å². The summed E-state index contributed by atoms with van der Waals surface area (Å²) in [7, 11) is 0. The molecule has 4 N–H and O–H groups in total. The predicted octanol–water partition coefficient (Wildman–Crippen LogP) is 11.0. The van der Waals surface area contributed by atoms with Gasteiger partial charge in [0.1, 0.15) is 22.0 Å². The predicted molar refractivity (Wildman–Crippen MR) is 255 cm³/mol. The lowest BCUT2D eigenvalue weighted by molar-refractivity contribution is -0.161. The third kappa shape index (κ3) is 7.71. The van der Waals surface area contributed by atoms with E-state index in [2.05, 4.69) is 69.1 Å². The van der Waals surface area contributed by atoms with Crippen LogP contribution in [0.15, 0.2) is 170 Å². The average Bonchev–Trinajstić information content (AvgIpc) is 3.89. The van der Waals surface area contributed by atoms with E-state index in [1.165, 1.54) is 0 Å². The highest BCUT2D eigenvalue weighted by Gasteiger charge is 2.53. The Kier molecular flexibility index (Phi) is 11.1.